The normalized spacial score (nSPS) is 12.4. The summed E-state index contributed by atoms with van der Waals surface area (Å²) >= 11 is 0. The number of hydrogen-bond donors (Lipinski definition) is 1. The maximum atomic E-state index is 9.71. The molecule has 0 bridgehead atoms. The van der Waals surface area contributed by atoms with Gasteiger partial charge in [0.25, 0.3) is 8.61 Å². The van der Waals surface area contributed by atoms with Crippen molar-refractivity contribution >= 4 is 8.61 Å². The average molecular weight is 135 g/mol. The molecule has 0 atom stereocenters. The van der Waals surface area contributed by atoms with Gasteiger partial charge in [-0.25, -0.2) is 0 Å². The molecule has 48 valence electrons. The van der Waals surface area contributed by atoms with Crippen LogP contribution >= 0.6 is 8.61 Å². The van der Waals surface area contributed by atoms with Gasteiger partial charge in [0, 0.05) is 0 Å². The largest absolute Gasteiger partial charge is 0.285 e. The van der Waals surface area contributed by atoms with Gasteiger partial charge in [0.15, 0.2) is 0 Å². The molecular formula is C4H10NO2P. The van der Waals surface area contributed by atoms with Gasteiger partial charge in [0.2, 0.25) is 0 Å². The minimum absolute atomic E-state index is 0.192. The predicted molar refractivity (Wildman–Crippen MR) is 31.6 cm³/mol. The van der Waals surface area contributed by atoms with E-state index in [1.165, 1.54) is 0 Å². The van der Waals surface area contributed by atoms with Crippen LogP contribution in [-0.2, 0) is 9.40 Å². The zero-order chi connectivity index (χ0) is 6.62. The average Bonchev–Trinajstić information content (AvgIpc) is 1.59. The third-order valence-electron chi connectivity index (χ3n) is 0.389. The molecule has 0 aromatic heterocycles. The Morgan fingerprint density at radius 3 is 2.12 bits per heavy atom. The van der Waals surface area contributed by atoms with Crippen LogP contribution in [0.25, 0.3) is 0 Å². The maximum Gasteiger partial charge on any atom is 0.271 e. The molecule has 1 N–H and O–H groups in total. The van der Waals surface area contributed by atoms with E-state index in [0.29, 0.717) is 0 Å². The minimum Gasteiger partial charge on any atom is -0.285 e. The monoisotopic (exact) mass is 135 g/mol. The highest BCUT2D eigenvalue weighted by Crippen LogP contribution is 2.04. The molecule has 0 heterocycles. The summed E-state index contributed by atoms with van der Waals surface area (Å²) in [5, 5.41) is 2.20. The third kappa shape index (κ3) is 6.02. The van der Waals surface area contributed by atoms with Crippen LogP contribution < -0.4 is 5.25 Å². The lowest BCUT2D eigenvalue weighted by atomic mass is 10.2. The van der Waals surface area contributed by atoms with Crippen molar-refractivity contribution in [1.82, 2.24) is 5.25 Å². The van der Waals surface area contributed by atoms with Gasteiger partial charge in [-0.3, -0.25) is 9.40 Å². The highest BCUT2D eigenvalue weighted by Gasteiger charge is 2.08. The van der Waals surface area contributed by atoms with Crippen molar-refractivity contribution in [2.24, 2.45) is 0 Å². The van der Waals surface area contributed by atoms with E-state index < -0.39 is 0 Å². The highest BCUT2D eigenvalue weighted by atomic mass is 31.1. The minimum atomic E-state index is -0.266. The van der Waals surface area contributed by atoms with E-state index >= 15 is 0 Å². The predicted octanol–water partition coefficient (Wildman–Crippen LogP) is 1.51. The van der Waals surface area contributed by atoms with Gasteiger partial charge in [-0.15, -0.1) is 5.25 Å². The molecular weight excluding hydrogens is 125 g/mol. The van der Waals surface area contributed by atoms with Crippen molar-refractivity contribution in [3.05, 3.63) is 0 Å². The quantitative estimate of drug-likeness (QED) is 0.460. The van der Waals surface area contributed by atoms with Crippen LogP contribution in [0.15, 0.2) is 0 Å². The second-order valence-corrected chi connectivity index (χ2v) is 2.76. The van der Waals surface area contributed by atoms with Crippen molar-refractivity contribution in [2.45, 2.75) is 26.4 Å². The SMILES string of the molecule is CC(C)(C)ONP=O. The van der Waals surface area contributed by atoms with Crippen LogP contribution in [0, 0.1) is 0 Å². The van der Waals surface area contributed by atoms with Crippen molar-refractivity contribution in [2.75, 3.05) is 0 Å². The molecule has 0 spiro atoms. The Kier molecular flexibility index (Phi) is 3.13. The molecule has 0 aromatic carbocycles. The lowest BCUT2D eigenvalue weighted by Gasteiger charge is -2.15. The first-order chi connectivity index (χ1) is 3.56. The Bertz CT molecular complexity index is 78.6. The van der Waals surface area contributed by atoms with Crippen molar-refractivity contribution in [3.63, 3.8) is 0 Å². The Hall–Kier alpha value is 0.0200. The molecule has 0 aliphatic heterocycles. The molecule has 3 nitrogen and oxygen atoms in total. The van der Waals surface area contributed by atoms with E-state index in [9.17, 15) is 4.57 Å². The van der Waals surface area contributed by atoms with Gasteiger partial charge in [-0.1, -0.05) is 0 Å². The third-order valence-corrected chi connectivity index (χ3v) is 0.555. The van der Waals surface area contributed by atoms with E-state index in [4.69, 9.17) is 4.84 Å². The zero-order valence-corrected chi connectivity index (χ0v) is 6.16. The molecule has 0 aliphatic carbocycles. The summed E-state index contributed by atoms with van der Waals surface area (Å²) in [7, 11) is -0.192. The first-order valence-electron chi connectivity index (χ1n) is 2.31. The van der Waals surface area contributed by atoms with Crippen LogP contribution in [0.2, 0.25) is 0 Å². The fourth-order valence-corrected chi connectivity index (χ4v) is 0.467. The summed E-state index contributed by atoms with van der Waals surface area (Å²) in [6.45, 7) is 5.60. The lowest BCUT2D eigenvalue weighted by molar-refractivity contribution is -0.0337. The second kappa shape index (κ2) is 3.13. The molecule has 0 fully saturated rings. The molecule has 0 aliphatic rings. The van der Waals surface area contributed by atoms with Gasteiger partial charge in [-0.2, -0.15) is 0 Å². The smallest absolute Gasteiger partial charge is 0.271 e. The fourth-order valence-electron chi connectivity index (χ4n) is 0.156. The molecule has 0 aromatic rings. The van der Waals surface area contributed by atoms with E-state index in [2.05, 4.69) is 5.25 Å². The summed E-state index contributed by atoms with van der Waals surface area (Å²) in [5.74, 6) is 0. The molecule has 0 unspecified atom stereocenters. The van der Waals surface area contributed by atoms with Crippen LogP contribution in [0.1, 0.15) is 20.8 Å². The highest BCUT2D eigenvalue weighted by molar-refractivity contribution is 7.20. The van der Waals surface area contributed by atoms with E-state index in [1.54, 1.807) is 0 Å². The summed E-state index contributed by atoms with van der Waals surface area (Å²) in [4.78, 5) is 4.80. The summed E-state index contributed by atoms with van der Waals surface area (Å²) in [6, 6.07) is 0. The van der Waals surface area contributed by atoms with Crippen LogP contribution in [0.4, 0.5) is 0 Å². The number of rotatable bonds is 2. The van der Waals surface area contributed by atoms with Crippen LogP contribution in [-0.4, -0.2) is 5.60 Å². The van der Waals surface area contributed by atoms with Crippen LogP contribution in [0.3, 0.4) is 0 Å². The van der Waals surface area contributed by atoms with E-state index in [0.717, 1.165) is 0 Å². The number of nitrogens with one attached hydrogen (secondary N) is 1. The molecule has 4 heteroatoms. The van der Waals surface area contributed by atoms with E-state index in [1.807, 2.05) is 20.8 Å². The topological polar surface area (TPSA) is 38.3 Å². The first-order valence-corrected chi connectivity index (χ1v) is 3.13. The summed E-state index contributed by atoms with van der Waals surface area (Å²) < 4.78 is 9.71. The molecule has 0 rings (SSSR count). The maximum absolute atomic E-state index is 9.71. The first kappa shape index (κ1) is 8.02. The second-order valence-electron chi connectivity index (χ2n) is 2.40. The van der Waals surface area contributed by atoms with Crippen molar-refractivity contribution in [3.8, 4) is 0 Å². The van der Waals surface area contributed by atoms with Gasteiger partial charge in [0.05, 0.1) is 5.60 Å². The molecule has 0 amide bonds. The Labute approximate surface area is 50.6 Å². The molecule has 8 heavy (non-hydrogen) atoms. The molecule has 0 saturated carbocycles. The summed E-state index contributed by atoms with van der Waals surface area (Å²) in [6.07, 6.45) is 0. The van der Waals surface area contributed by atoms with Gasteiger partial charge in [-0.05, 0) is 20.8 Å². The Morgan fingerprint density at radius 1 is 1.50 bits per heavy atom. The van der Waals surface area contributed by atoms with Gasteiger partial charge >= 0.3 is 0 Å². The van der Waals surface area contributed by atoms with Gasteiger partial charge < -0.3 is 0 Å². The molecule has 0 saturated heterocycles. The van der Waals surface area contributed by atoms with Crippen LogP contribution in [0.5, 0.6) is 0 Å². The van der Waals surface area contributed by atoms with Crippen molar-refractivity contribution in [1.29, 1.82) is 0 Å². The fraction of sp³-hybridized carbons (Fsp3) is 1.00. The lowest BCUT2D eigenvalue weighted by Crippen LogP contribution is -2.23. The standard InChI is InChI=1S/C4H10NO2P/c1-4(2,3)7-5-8-6/h1-3H3,(H,5,6). The Morgan fingerprint density at radius 2 is 2.00 bits per heavy atom. The van der Waals surface area contributed by atoms with E-state index in [-0.39, 0.29) is 14.2 Å². The number of hydrogen-bond acceptors (Lipinski definition) is 2. The Balaban J connectivity index is 3.24. The molecule has 0 radical (unpaired) electrons. The summed E-state index contributed by atoms with van der Waals surface area (Å²) in [5.41, 5.74) is -0.266. The van der Waals surface area contributed by atoms with Gasteiger partial charge in [0.1, 0.15) is 0 Å². The zero-order valence-electron chi connectivity index (χ0n) is 5.26. The van der Waals surface area contributed by atoms with Crippen molar-refractivity contribution < 1.29 is 9.40 Å².